The lowest BCUT2D eigenvalue weighted by molar-refractivity contribution is 0.806. The van der Waals surface area contributed by atoms with Gasteiger partial charge >= 0.3 is 0 Å². The fourth-order valence-corrected chi connectivity index (χ4v) is 1.88. The van der Waals surface area contributed by atoms with Crippen molar-refractivity contribution in [2.75, 3.05) is 0 Å². The molecule has 3 aromatic rings. The predicted molar refractivity (Wildman–Crippen MR) is 69.3 cm³/mol. The number of nitrogens with zero attached hydrogens (tertiary/aromatic N) is 5. The molecule has 0 atom stereocenters. The second-order valence-corrected chi connectivity index (χ2v) is 3.88. The summed E-state index contributed by atoms with van der Waals surface area (Å²) in [6, 6.07) is 15.3. The third-order valence-electron chi connectivity index (χ3n) is 2.73. The van der Waals surface area contributed by atoms with Gasteiger partial charge in [-0.2, -0.15) is 5.26 Å². The van der Waals surface area contributed by atoms with Crippen LogP contribution >= 0.6 is 0 Å². The Morgan fingerprint density at radius 1 is 1.00 bits per heavy atom. The molecule has 0 N–H and O–H groups in total. The van der Waals surface area contributed by atoms with E-state index in [1.165, 1.54) is 0 Å². The normalized spacial score (nSPS) is 10.1. The van der Waals surface area contributed by atoms with E-state index >= 15 is 0 Å². The van der Waals surface area contributed by atoms with Gasteiger partial charge in [0, 0.05) is 18.0 Å². The zero-order valence-corrected chi connectivity index (χ0v) is 9.93. The Morgan fingerprint density at radius 2 is 1.74 bits per heavy atom. The Bertz CT molecular complexity index is 726. The van der Waals surface area contributed by atoms with Crippen molar-refractivity contribution in [3.05, 3.63) is 60.6 Å². The summed E-state index contributed by atoms with van der Waals surface area (Å²) in [6.07, 6.45) is 3.36. The Morgan fingerprint density at radius 3 is 2.42 bits per heavy atom. The zero-order valence-electron chi connectivity index (χ0n) is 9.93. The van der Waals surface area contributed by atoms with Gasteiger partial charge < -0.3 is 0 Å². The summed E-state index contributed by atoms with van der Waals surface area (Å²) < 4.78 is 1.66. The van der Waals surface area contributed by atoms with Crippen LogP contribution in [0.4, 0.5) is 0 Å². The fraction of sp³-hybridized carbons (Fsp3) is 0. The summed E-state index contributed by atoms with van der Waals surface area (Å²) >= 11 is 0. The molecule has 1 aromatic carbocycles. The van der Waals surface area contributed by atoms with Crippen molar-refractivity contribution in [2.45, 2.75) is 0 Å². The minimum absolute atomic E-state index is 0.301. The van der Waals surface area contributed by atoms with Crippen LogP contribution in [-0.4, -0.2) is 20.0 Å². The number of nitriles is 1. The highest BCUT2D eigenvalue weighted by Crippen LogP contribution is 2.23. The van der Waals surface area contributed by atoms with Crippen LogP contribution in [0.15, 0.2) is 54.9 Å². The van der Waals surface area contributed by atoms with Crippen molar-refractivity contribution in [3.8, 4) is 23.0 Å². The highest BCUT2D eigenvalue weighted by atomic mass is 15.4. The average Bonchev–Trinajstić information content (AvgIpc) is 2.93. The van der Waals surface area contributed by atoms with Crippen LogP contribution in [0.2, 0.25) is 0 Å². The second-order valence-electron chi connectivity index (χ2n) is 3.88. The van der Waals surface area contributed by atoms with E-state index in [0.29, 0.717) is 11.4 Å². The Kier molecular flexibility index (Phi) is 2.75. The number of aromatic nitrogens is 4. The zero-order chi connectivity index (χ0) is 13.1. The van der Waals surface area contributed by atoms with Crippen molar-refractivity contribution in [3.63, 3.8) is 0 Å². The van der Waals surface area contributed by atoms with Crippen LogP contribution in [0.1, 0.15) is 5.69 Å². The molecular formula is C14H9N5. The summed E-state index contributed by atoms with van der Waals surface area (Å²) in [5.41, 5.74) is 2.70. The molecule has 2 heterocycles. The third kappa shape index (κ3) is 1.96. The maximum atomic E-state index is 9.16. The van der Waals surface area contributed by atoms with Crippen LogP contribution in [0.3, 0.4) is 0 Å². The van der Waals surface area contributed by atoms with Crippen LogP contribution in [-0.2, 0) is 0 Å². The van der Waals surface area contributed by atoms with E-state index in [-0.39, 0.29) is 0 Å². The molecule has 0 radical (unpaired) electrons. The van der Waals surface area contributed by atoms with E-state index in [2.05, 4.69) is 21.4 Å². The van der Waals surface area contributed by atoms with E-state index in [0.717, 1.165) is 11.3 Å². The van der Waals surface area contributed by atoms with Crippen molar-refractivity contribution < 1.29 is 0 Å². The molecular weight excluding hydrogens is 238 g/mol. The summed E-state index contributed by atoms with van der Waals surface area (Å²) in [4.78, 5) is 3.98. The molecule has 0 spiro atoms. The van der Waals surface area contributed by atoms with Crippen LogP contribution in [0.25, 0.3) is 16.9 Å². The van der Waals surface area contributed by atoms with Gasteiger partial charge in [-0.25, -0.2) is 4.68 Å². The van der Waals surface area contributed by atoms with Gasteiger partial charge in [0.05, 0.1) is 5.69 Å². The second kappa shape index (κ2) is 4.70. The molecule has 0 aliphatic carbocycles. The van der Waals surface area contributed by atoms with Gasteiger partial charge in [-0.05, 0) is 24.3 Å². The molecule has 2 aromatic heterocycles. The fourth-order valence-electron chi connectivity index (χ4n) is 1.88. The lowest BCUT2D eigenvalue weighted by Gasteiger charge is -2.05. The molecule has 19 heavy (non-hydrogen) atoms. The maximum absolute atomic E-state index is 9.16. The maximum Gasteiger partial charge on any atom is 0.191 e. The molecule has 0 saturated carbocycles. The molecule has 90 valence electrons. The van der Waals surface area contributed by atoms with E-state index in [1.54, 1.807) is 17.1 Å². The predicted octanol–water partition coefficient (Wildman–Crippen LogP) is 2.20. The number of rotatable bonds is 2. The van der Waals surface area contributed by atoms with E-state index in [1.807, 2.05) is 42.5 Å². The highest BCUT2D eigenvalue weighted by molar-refractivity contribution is 5.66. The third-order valence-corrected chi connectivity index (χ3v) is 2.73. The molecule has 0 fully saturated rings. The largest absolute Gasteiger partial charge is 0.265 e. The Balaban J connectivity index is 2.24. The topological polar surface area (TPSA) is 67.4 Å². The molecule has 0 bridgehead atoms. The standard InChI is InChI=1S/C14H9N5/c15-10-13-14(11-6-8-16-9-7-11)19(18-17-13)12-4-2-1-3-5-12/h1-9H. The molecule has 0 saturated heterocycles. The molecule has 3 rings (SSSR count). The first-order valence-electron chi connectivity index (χ1n) is 5.72. The average molecular weight is 247 g/mol. The number of benzene rings is 1. The molecule has 0 aliphatic rings. The smallest absolute Gasteiger partial charge is 0.191 e. The van der Waals surface area contributed by atoms with Crippen molar-refractivity contribution in [1.29, 1.82) is 5.26 Å². The number of para-hydroxylation sites is 1. The molecule has 5 heteroatoms. The lowest BCUT2D eigenvalue weighted by Crippen LogP contribution is -1.99. The Hall–Kier alpha value is -3.00. The van der Waals surface area contributed by atoms with E-state index < -0.39 is 0 Å². The van der Waals surface area contributed by atoms with Gasteiger partial charge in [0.25, 0.3) is 0 Å². The van der Waals surface area contributed by atoms with E-state index in [4.69, 9.17) is 5.26 Å². The van der Waals surface area contributed by atoms with Crippen molar-refractivity contribution in [2.24, 2.45) is 0 Å². The van der Waals surface area contributed by atoms with Gasteiger partial charge in [-0.1, -0.05) is 23.4 Å². The molecule has 0 amide bonds. The van der Waals surface area contributed by atoms with Gasteiger partial charge in [-0.3, -0.25) is 4.98 Å². The Labute approximate surface area is 109 Å². The number of hydrogen-bond donors (Lipinski definition) is 0. The van der Waals surface area contributed by atoms with Crippen molar-refractivity contribution in [1.82, 2.24) is 20.0 Å². The van der Waals surface area contributed by atoms with Crippen LogP contribution < -0.4 is 0 Å². The summed E-state index contributed by atoms with van der Waals surface area (Å²) in [5, 5.41) is 17.1. The quantitative estimate of drug-likeness (QED) is 0.696. The van der Waals surface area contributed by atoms with Gasteiger partial charge in [0.1, 0.15) is 11.8 Å². The summed E-state index contributed by atoms with van der Waals surface area (Å²) in [5.74, 6) is 0. The van der Waals surface area contributed by atoms with Crippen LogP contribution in [0, 0.1) is 11.3 Å². The van der Waals surface area contributed by atoms with Crippen LogP contribution in [0.5, 0.6) is 0 Å². The minimum atomic E-state index is 0.301. The number of hydrogen-bond acceptors (Lipinski definition) is 4. The first kappa shape index (κ1) is 11.1. The molecule has 5 nitrogen and oxygen atoms in total. The van der Waals surface area contributed by atoms with Gasteiger partial charge in [0.2, 0.25) is 0 Å². The first-order chi connectivity index (χ1) is 9.40. The molecule has 0 unspecified atom stereocenters. The van der Waals surface area contributed by atoms with Crippen molar-refractivity contribution >= 4 is 0 Å². The first-order valence-corrected chi connectivity index (χ1v) is 5.72. The van der Waals surface area contributed by atoms with Gasteiger partial charge in [-0.15, -0.1) is 5.10 Å². The molecule has 0 aliphatic heterocycles. The summed E-state index contributed by atoms with van der Waals surface area (Å²) in [7, 11) is 0. The minimum Gasteiger partial charge on any atom is -0.265 e. The van der Waals surface area contributed by atoms with E-state index in [9.17, 15) is 0 Å². The highest BCUT2D eigenvalue weighted by Gasteiger charge is 2.15. The lowest BCUT2D eigenvalue weighted by atomic mass is 10.1. The number of pyridine rings is 1. The van der Waals surface area contributed by atoms with Gasteiger partial charge in [0.15, 0.2) is 5.69 Å². The summed E-state index contributed by atoms with van der Waals surface area (Å²) in [6.45, 7) is 0. The monoisotopic (exact) mass is 247 g/mol. The SMILES string of the molecule is N#Cc1nnn(-c2ccccc2)c1-c1ccncc1.